The summed E-state index contributed by atoms with van der Waals surface area (Å²) in [6, 6.07) is 1.21. The van der Waals surface area contributed by atoms with Crippen LogP contribution in [0, 0.1) is 11.3 Å². The third kappa shape index (κ3) is 7.04. The molecule has 3 N–H and O–H groups in total. The van der Waals surface area contributed by atoms with E-state index in [0.29, 0.717) is 26.1 Å². The van der Waals surface area contributed by atoms with Crippen LogP contribution in [-0.2, 0) is 28.1 Å². The number of nitrogens with two attached hydrogens (primary N) is 1. The molecule has 4 atom stereocenters. The minimum absolute atomic E-state index is 0.00515. The highest BCUT2D eigenvalue weighted by Crippen LogP contribution is 2.42. The minimum atomic E-state index is -1.01. The summed E-state index contributed by atoms with van der Waals surface area (Å²) in [5, 5.41) is 0. The van der Waals surface area contributed by atoms with Crippen molar-refractivity contribution in [2.75, 3.05) is 19.8 Å². The lowest BCUT2D eigenvalue weighted by atomic mass is 9.82. The molecule has 1 aromatic heterocycles. The molecule has 0 aliphatic carbocycles. The van der Waals surface area contributed by atoms with Gasteiger partial charge in [0.25, 0.3) is 5.56 Å². The van der Waals surface area contributed by atoms with E-state index in [2.05, 4.69) is 4.98 Å². The summed E-state index contributed by atoms with van der Waals surface area (Å²) in [6.45, 7) is 9.66. The fourth-order valence-electron chi connectivity index (χ4n) is 3.84. The number of carbonyl (C=O) groups is 1. The number of hydrogen-bond donors (Lipinski definition) is 2. The van der Waals surface area contributed by atoms with Crippen LogP contribution in [0.15, 0.2) is 21.9 Å². The average molecular weight is 487 g/mol. The maximum Gasteiger partial charge on any atom is 0.330 e. The van der Waals surface area contributed by atoms with Gasteiger partial charge in [-0.1, -0.05) is 0 Å². The van der Waals surface area contributed by atoms with Gasteiger partial charge in [-0.2, -0.15) is 0 Å². The molecular weight excluding hydrogens is 453 g/mol. The summed E-state index contributed by atoms with van der Waals surface area (Å²) in [5.74, 6) is -0.579. The molecule has 1 aliphatic heterocycles. The highest BCUT2D eigenvalue weighted by Gasteiger charge is 2.52. The summed E-state index contributed by atoms with van der Waals surface area (Å²) < 4.78 is 34.1. The van der Waals surface area contributed by atoms with Gasteiger partial charge in [0, 0.05) is 31.4 Å². The Morgan fingerprint density at radius 2 is 2.06 bits per heavy atom. The average Bonchev–Trinajstić information content (AvgIpc) is 2.95. The molecule has 1 fully saturated rings. The van der Waals surface area contributed by atoms with E-state index >= 15 is 0 Å². The van der Waals surface area contributed by atoms with Gasteiger partial charge in [0.2, 0.25) is 0 Å². The number of nitrogens with zero attached hydrogens (tertiary/aromatic N) is 1. The molecule has 0 aromatic carbocycles. The fourth-order valence-corrected chi connectivity index (χ4v) is 4.05. The van der Waals surface area contributed by atoms with Crippen molar-refractivity contribution >= 4 is 14.7 Å². The molecule has 1 aromatic rings. The van der Waals surface area contributed by atoms with E-state index in [4.69, 9.17) is 24.5 Å². The summed E-state index contributed by atoms with van der Waals surface area (Å²) in [7, 11) is -0.494. The fraction of sp³-hybridized carbons (Fsp3) is 0.762. The number of aromatic amines is 1. The van der Waals surface area contributed by atoms with Gasteiger partial charge in [-0.25, -0.2) is 9.36 Å². The van der Waals surface area contributed by atoms with Crippen LogP contribution >= 0.6 is 8.69 Å². The van der Waals surface area contributed by atoms with Crippen molar-refractivity contribution in [2.45, 2.75) is 71.4 Å². The molecule has 1 aliphatic rings. The Labute approximate surface area is 194 Å². The van der Waals surface area contributed by atoms with Gasteiger partial charge in [-0.05, 0) is 47.5 Å². The van der Waals surface area contributed by atoms with Crippen LogP contribution in [0.25, 0.3) is 0 Å². The summed E-state index contributed by atoms with van der Waals surface area (Å²) in [5.41, 5.74) is 3.75. The van der Waals surface area contributed by atoms with Crippen molar-refractivity contribution in [3.05, 3.63) is 33.1 Å². The lowest BCUT2D eigenvalue weighted by Crippen LogP contribution is -2.51. The molecule has 186 valence electrons. The molecule has 0 amide bonds. The van der Waals surface area contributed by atoms with Gasteiger partial charge in [0.15, 0.2) is 6.23 Å². The number of hydrogen-bond acceptors (Lipinski definition) is 9. The first kappa shape index (κ1) is 27.3. The summed E-state index contributed by atoms with van der Waals surface area (Å²) >= 11 is 0. The van der Waals surface area contributed by atoms with Crippen molar-refractivity contribution in [2.24, 2.45) is 17.1 Å². The minimum Gasteiger partial charge on any atom is -0.463 e. The van der Waals surface area contributed by atoms with E-state index < -0.39 is 43.2 Å². The monoisotopic (exact) mass is 487 g/mol. The molecular formula is C21H34N3O8P. The van der Waals surface area contributed by atoms with E-state index in [9.17, 15) is 18.9 Å². The Morgan fingerprint density at radius 3 is 2.67 bits per heavy atom. The molecule has 11 nitrogen and oxygen atoms in total. The third-order valence-electron chi connectivity index (χ3n) is 5.82. The normalized spacial score (nSPS) is 25.6. The van der Waals surface area contributed by atoms with Gasteiger partial charge in [-0.15, -0.1) is 0 Å². The molecule has 0 saturated carbocycles. The number of ether oxygens (including phenoxy) is 3. The maximum atomic E-state index is 12.3. The number of nitrogens with one attached hydrogen (secondary N) is 1. The molecule has 0 spiro atoms. The number of rotatable bonds is 12. The zero-order chi connectivity index (χ0) is 24.8. The molecule has 0 radical (unpaired) electrons. The van der Waals surface area contributed by atoms with Crippen LogP contribution in [0.5, 0.6) is 0 Å². The molecule has 12 heteroatoms. The van der Waals surface area contributed by atoms with Gasteiger partial charge < -0.3 is 19.9 Å². The Morgan fingerprint density at radius 1 is 1.36 bits per heavy atom. The highest BCUT2D eigenvalue weighted by atomic mass is 31.1. The van der Waals surface area contributed by atoms with Crippen LogP contribution < -0.4 is 17.0 Å². The SMILES string of the molecule is CC(C)OC(=O)C(C)(C)CCOCC[C@@H]1[C@@H](COP=O)O[C@@H](n2ccc(=O)[nH]c2=O)[C@]1(C)N. The van der Waals surface area contributed by atoms with E-state index in [1.807, 2.05) is 13.8 Å². The number of aromatic nitrogens is 2. The first-order valence-corrected chi connectivity index (χ1v) is 11.6. The van der Waals surface area contributed by atoms with E-state index in [-0.39, 0.29) is 24.6 Å². The van der Waals surface area contributed by atoms with Gasteiger partial charge in [-0.3, -0.25) is 23.7 Å². The van der Waals surface area contributed by atoms with E-state index in [1.54, 1.807) is 20.8 Å². The summed E-state index contributed by atoms with van der Waals surface area (Å²) in [4.78, 5) is 38.1. The molecule has 0 unspecified atom stereocenters. The highest BCUT2D eigenvalue weighted by molar-refractivity contribution is 7.17. The van der Waals surface area contributed by atoms with Crippen molar-refractivity contribution in [3.63, 3.8) is 0 Å². The first-order valence-electron chi connectivity index (χ1n) is 10.9. The maximum absolute atomic E-state index is 12.3. The van der Waals surface area contributed by atoms with E-state index in [1.165, 1.54) is 16.8 Å². The van der Waals surface area contributed by atoms with Gasteiger partial charge in [0.1, 0.15) is 0 Å². The second-order valence-electron chi connectivity index (χ2n) is 9.38. The van der Waals surface area contributed by atoms with Crippen LogP contribution in [0.4, 0.5) is 0 Å². The van der Waals surface area contributed by atoms with Gasteiger partial charge >= 0.3 is 20.3 Å². The Kier molecular flexibility index (Phi) is 9.51. The van der Waals surface area contributed by atoms with Crippen molar-refractivity contribution < 1.29 is 28.1 Å². The van der Waals surface area contributed by atoms with E-state index in [0.717, 1.165) is 0 Å². The molecule has 0 bridgehead atoms. The lowest BCUT2D eigenvalue weighted by molar-refractivity contribution is -0.159. The standard InChI is InChI=1S/C21H34N3O8P/c1-13(2)31-18(26)20(3,4)8-11-29-10-7-14-15(12-30-33-28)32-17(21(14,5)22)24-9-6-16(25)23-19(24)27/h6,9,13-15,17H,7-8,10-12,22H2,1-5H3,(H,23,25,27)/t14-,15-,17-,21-/m1/s1. The molecule has 2 heterocycles. The van der Waals surface area contributed by atoms with Crippen molar-refractivity contribution in [1.29, 1.82) is 0 Å². The van der Waals surface area contributed by atoms with Crippen molar-refractivity contribution in [1.82, 2.24) is 9.55 Å². The van der Waals surface area contributed by atoms with Crippen LogP contribution in [0.3, 0.4) is 0 Å². The second kappa shape index (κ2) is 11.5. The third-order valence-corrected chi connectivity index (χ3v) is 6.07. The Balaban J connectivity index is 2.02. The lowest BCUT2D eigenvalue weighted by Gasteiger charge is -2.32. The zero-order valence-electron chi connectivity index (χ0n) is 19.7. The number of H-pyrrole nitrogens is 1. The van der Waals surface area contributed by atoms with Crippen molar-refractivity contribution in [3.8, 4) is 0 Å². The summed E-state index contributed by atoms with van der Waals surface area (Å²) in [6.07, 6.45) is 0.689. The van der Waals surface area contributed by atoms with Crippen LogP contribution in [0.1, 0.15) is 53.7 Å². The second-order valence-corrected chi connectivity index (χ2v) is 9.78. The number of esters is 1. The smallest absolute Gasteiger partial charge is 0.330 e. The van der Waals surface area contributed by atoms with Gasteiger partial charge in [0.05, 0.1) is 29.8 Å². The Hall–Kier alpha value is -1.91. The Bertz CT molecular complexity index is 927. The predicted octanol–water partition coefficient (Wildman–Crippen LogP) is 1.77. The zero-order valence-corrected chi connectivity index (χ0v) is 20.6. The molecule has 33 heavy (non-hydrogen) atoms. The molecule has 2 rings (SSSR count). The predicted molar refractivity (Wildman–Crippen MR) is 120 cm³/mol. The first-order chi connectivity index (χ1) is 15.4. The topological polar surface area (TPSA) is 152 Å². The quantitative estimate of drug-likeness (QED) is 0.255. The van der Waals surface area contributed by atoms with Crippen LogP contribution in [-0.4, -0.2) is 53.1 Å². The molecule has 1 saturated heterocycles. The number of carbonyl (C=O) groups excluding carboxylic acids is 1. The largest absolute Gasteiger partial charge is 0.463 e. The van der Waals surface area contributed by atoms with Crippen LogP contribution in [0.2, 0.25) is 0 Å².